The van der Waals surface area contributed by atoms with Crippen molar-refractivity contribution in [3.63, 3.8) is 0 Å². The van der Waals surface area contributed by atoms with E-state index in [0.717, 1.165) is 4.47 Å². The van der Waals surface area contributed by atoms with Crippen LogP contribution < -0.4 is 5.32 Å². The summed E-state index contributed by atoms with van der Waals surface area (Å²) in [6, 6.07) is 4.80. The summed E-state index contributed by atoms with van der Waals surface area (Å²) in [7, 11) is 1.58. The van der Waals surface area contributed by atoms with Crippen LogP contribution in [-0.2, 0) is 11.3 Å². The Morgan fingerprint density at radius 1 is 1.55 bits per heavy atom. The second kappa shape index (κ2) is 7.68. The molecule has 6 nitrogen and oxygen atoms in total. The number of nitrogens with zero attached hydrogens (tertiary/aromatic N) is 1. The molecule has 0 bridgehead atoms. The molecule has 1 rings (SSSR count). The first-order chi connectivity index (χ1) is 9.35. The summed E-state index contributed by atoms with van der Waals surface area (Å²) >= 11 is 3.29. The van der Waals surface area contributed by atoms with Gasteiger partial charge < -0.3 is 15.2 Å². The maximum Gasteiger partial charge on any atom is 0.273 e. The molecule has 1 unspecified atom stereocenters. The molecule has 0 saturated heterocycles. The molecule has 0 amide bonds. The lowest BCUT2D eigenvalue weighted by Crippen LogP contribution is -2.38. The van der Waals surface area contributed by atoms with Gasteiger partial charge in [0.15, 0.2) is 0 Å². The van der Waals surface area contributed by atoms with Crippen molar-refractivity contribution in [2.75, 3.05) is 20.3 Å². The van der Waals surface area contributed by atoms with E-state index in [-0.39, 0.29) is 5.69 Å². The van der Waals surface area contributed by atoms with E-state index in [9.17, 15) is 15.2 Å². The zero-order valence-electron chi connectivity index (χ0n) is 11.6. The molecule has 0 fully saturated rings. The van der Waals surface area contributed by atoms with Crippen molar-refractivity contribution >= 4 is 21.6 Å². The lowest BCUT2D eigenvalue weighted by atomic mass is 10.0. The van der Waals surface area contributed by atoms with Gasteiger partial charge in [-0.05, 0) is 19.1 Å². The summed E-state index contributed by atoms with van der Waals surface area (Å²) in [6.45, 7) is 2.82. The molecule has 2 N–H and O–H groups in total. The number of aliphatic hydroxyl groups is 1. The highest BCUT2D eigenvalue weighted by molar-refractivity contribution is 9.10. The van der Waals surface area contributed by atoms with Gasteiger partial charge in [-0.3, -0.25) is 10.1 Å². The average molecular weight is 347 g/mol. The van der Waals surface area contributed by atoms with Gasteiger partial charge in [0.05, 0.1) is 10.5 Å². The Balaban J connectivity index is 2.61. The molecule has 1 atom stereocenters. The van der Waals surface area contributed by atoms with Gasteiger partial charge in [-0.15, -0.1) is 0 Å². The van der Waals surface area contributed by atoms with E-state index in [4.69, 9.17) is 4.74 Å². The smallest absolute Gasteiger partial charge is 0.273 e. The quantitative estimate of drug-likeness (QED) is 0.557. The van der Waals surface area contributed by atoms with Crippen LogP contribution in [0.5, 0.6) is 0 Å². The van der Waals surface area contributed by atoms with Crippen LogP contribution >= 0.6 is 15.9 Å². The number of rotatable bonds is 8. The van der Waals surface area contributed by atoms with E-state index in [1.54, 1.807) is 26.2 Å². The van der Waals surface area contributed by atoms with Crippen molar-refractivity contribution in [3.8, 4) is 0 Å². The van der Waals surface area contributed by atoms with E-state index in [2.05, 4.69) is 21.2 Å². The molecule has 0 aliphatic carbocycles. The largest absolute Gasteiger partial charge is 0.389 e. The molecule has 0 aromatic heterocycles. The second-order valence-corrected chi connectivity index (χ2v) is 5.79. The standard InChI is InChI=1S/C13H19BrN2O4/c1-13(17,5-6-20-2)9-15-8-10-7-11(14)3-4-12(10)16(18)19/h3-4,7,15,17H,5-6,8-9H2,1-2H3. The predicted molar refractivity (Wildman–Crippen MR) is 79.6 cm³/mol. The van der Waals surface area contributed by atoms with E-state index in [1.165, 1.54) is 6.07 Å². The van der Waals surface area contributed by atoms with Crippen LogP contribution in [0.2, 0.25) is 0 Å². The fourth-order valence-electron chi connectivity index (χ4n) is 1.75. The first-order valence-corrected chi connectivity index (χ1v) is 7.00. The zero-order chi connectivity index (χ0) is 15.2. The summed E-state index contributed by atoms with van der Waals surface area (Å²) in [4.78, 5) is 10.5. The summed E-state index contributed by atoms with van der Waals surface area (Å²) in [6.07, 6.45) is 0.497. The highest BCUT2D eigenvalue weighted by Crippen LogP contribution is 2.23. The Hall–Kier alpha value is -1.02. The molecule has 0 heterocycles. The third-order valence-corrected chi connectivity index (χ3v) is 3.40. The van der Waals surface area contributed by atoms with Gasteiger partial charge in [0, 0.05) is 49.3 Å². The molecule has 112 valence electrons. The summed E-state index contributed by atoms with van der Waals surface area (Å²) < 4.78 is 5.71. The van der Waals surface area contributed by atoms with E-state index >= 15 is 0 Å². The minimum Gasteiger partial charge on any atom is -0.389 e. The van der Waals surface area contributed by atoms with Crippen LogP contribution in [0.1, 0.15) is 18.9 Å². The molecule has 1 aromatic carbocycles. The highest BCUT2D eigenvalue weighted by atomic mass is 79.9. The molecule has 0 saturated carbocycles. The molecule has 1 aromatic rings. The Morgan fingerprint density at radius 2 is 2.25 bits per heavy atom. The van der Waals surface area contributed by atoms with Gasteiger partial charge in [-0.2, -0.15) is 0 Å². The number of nitrogens with one attached hydrogen (secondary N) is 1. The van der Waals surface area contributed by atoms with Gasteiger partial charge in [0.25, 0.3) is 5.69 Å². The Morgan fingerprint density at radius 3 is 2.85 bits per heavy atom. The van der Waals surface area contributed by atoms with E-state index in [1.807, 2.05) is 0 Å². The van der Waals surface area contributed by atoms with Gasteiger partial charge >= 0.3 is 0 Å². The van der Waals surface area contributed by atoms with Crippen molar-refractivity contribution in [3.05, 3.63) is 38.3 Å². The van der Waals surface area contributed by atoms with Crippen LogP contribution in [0.3, 0.4) is 0 Å². The van der Waals surface area contributed by atoms with Crippen LogP contribution in [0.25, 0.3) is 0 Å². The second-order valence-electron chi connectivity index (χ2n) is 4.87. The number of ether oxygens (including phenoxy) is 1. The maximum atomic E-state index is 10.9. The normalized spacial score (nSPS) is 14.0. The summed E-state index contributed by atoms with van der Waals surface area (Å²) in [5.74, 6) is 0. The minimum absolute atomic E-state index is 0.0669. The fourth-order valence-corrected chi connectivity index (χ4v) is 2.16. The SMILES string of the molecule is COCCC(C)(O)CNCc1cc(Br)ccc1[N+](=O)[O-]. The van der Waals surface area contributed by atoms with Crippen LogP contribution in [-0.4, -0.2) is 35.9 Å². The van der Waals surface area contributed by atoms with Gasteiger partial charge in [0.2, 0.25) is 0 Å². The van der Waals surface area contributed by atoms with Crippen LogP contribution in [0.15, 0.2) is 22.7 Å². The third-order valence-electron chi connectivity index (χ3n) is 2.90. The molecular weight excluding hydrogens is 328 g/mol. The fraction of sp³-hybridized carbons (Fsp3) is 0.538. The van der Waals surface area contributed by atoms with Gasteiger partial charge in [-0.25, -0.2) is 0 Å². The van der Waals surface area contributed by atoms with E-state index in [0.29, 0.717) is 31.7 Å². The molecule has 20 heavy (non-hydrogen) atoms. The molecule has 7 heteroatoms. The van der Waals surface area contributed by atoms with Crippen molar-refractivity contribution < 1.29 is 14.8 Å². The minimum atomic E-state index is -0.906. The van der Waals surface area contributed by atoms with Gasteiger partial charge in [0.1, 0.15) is 0 Å². The van der Waals surface area contributed by atoms with Crippen molar-refractivity contribution in [2.45, 2.75) is 25.5 Å². The Labute approximate surface area is 126 Å². The lowest BCUT2D eigenvalue weighted by Gasteiger charge is -2.23. The maximum absolute atomic E-state index is 10.9. The first-order valence-electron chi connectivity index (χ1n) is 6.20. The summed E-state index contributed by atoms with van der Waals surface area (Å²) in [5, 5.41) is 24.0. The third kappa shape index (κ3) is 5.54. The zero-order valence-corrected chi connectivity index (χ0v) is 13.1. The monoisotopic (exact) mass is 346 g/mol. The number of nitro groups is 1. The van der Waals surface area contributed by atoms with Crippen LogP contribution in [0, 0.1) is 10.1 Å². The summed E-state index contributed by atoms with van der Waals surface area (Å²) in [5.41, 5.74) is -0.263. The van der Waals surface area contributed by atoms with Crippen molar-refractivity contribution in [1.82, 2.24) is 5.32 Å². The van der Waals surface area contributed by atoms with Crippen molar-refractivity contribution in [2.24, 2.45) is 0 Å². The first kappa shape index (κ1) is 17.0. The van der Waals surface area contributed by atoms with Gasteiger partial charge in [-0.1, -0.05) is 15.9 Å². The highest BCUT2D eigenvalue weighted by Gasteiger charge is 2.20. The predicted octanol–water partition coefficient (Wildman–Crippen LogP) is 2.23. The average Bonchev–Trinajstić information content (AvgIpc) is 2.36. The number of methoxy groups -OCH3 is 1. The molecule has 0 aliphatic rings. The topological polar surface area (TPSA) is 84.6 Å². The lowest BCUT2D eigenvalue weighted by molar-refractivity contribution is -0.385. The number of nitro benzene ring substituents is 1. The number of benzene rings is 1. The van der Waals surface area contributed by atoms with Crippen LogP contribution in [0.4, 0.5) is 5.69 Å². The van der Waals surface area contributed by atoms with Crippen molar-refractivity contribution in [1.29, 1.82) is 0 Å². The Bertz CT molecular complexity index is 466. The molecule has 0 spiro atoms. The number of hydrogen-bond acceptors (Lipinski definition) is 5. The Kier molecular flexibility index (Phi) is 6.54. The molecular formula is C13H19BrN2O4. The van der Waals surface area contributed by atoms with E-state index < -0.39 is 10.5 Å². The molecule has 0 radical (unpaired) electrons. The number of hydrogen-bond donors (Lipinski definition) is 2. The number of halogens is 1. The molecule has 0 aliphatic heterocycles.